The van der Waals surface area contributed by atoms with Gasteiger partial charge in [-0.05, 0) is 24.3 Å². The molecule has 118 valence electrons. The smallest absolute Gasteiger partial charge is 0.270 e. The van der Waals surface area contributed by atoms with Gasteiger partial charge in [0, 0.05) is 5.56 Å². The molecule has 2 aromatic carbocycles. The lowest BCUT2D eigenvalue weighted by Gasteiger charge is -2.11. The summed E-state index contributed by atoms with van der Waals surface area (Å²) in [7, 11) is 0. The molecule has 0 bridgehead atoms. The molecule has 0 aliphatic carbocycles. The van der Waals surface area contributed by atoms with Crippen LogP contribution in [0.5, 0.6) is 0 Å². The normalized spacial score (nSPS) is 10.4. The molecule has 0 fully saturated rings. The van der Waals surface area contributed by atoms with E-state index < -0.39 is 5.56 Å². The first-order valence-electron chi connectivity index (χ1n) is 7.39. The predicted molar refractivity (Wildman–Crippen MR) is 97.0 cm³/mol. The first-order chi connectivity index (χ1) is 11.6. The third-order valence-electron chi connectivity index (χ3n) is 3.75. The van der Waals surface area contributed by atoms with Gasteiger partial charge in [0.15, 0.2) is 5.16 Å². The molecule has 24 heavy (non-hydrogen) atoms. The van der Waals surface area contributed by atoms with Crippen LogP contribution in [-0.4, -0.2) is 16.2 Å². The number of H-pyrrole nitrogens is 1. The number of aromatic nitrogens is 2. The number of hydrogen-bond acceptors (Lipinski definition) is 4. The Hall–Kier alpha value is -2.84. The second-order valence-corrected chi connectivity index (χ2v) is 6.12. The third kappa shape index (κ3) is 2.97. The van der Waals surface area contributed by atoms with Crippen LogP contribution in [0.3, 0.4) is 0 Å². The number of hydrogen-bond donors (Lipinski definition) is 1. The highest BCUT2D eigenvalue weighted by atomic mass is 32.2. The highest BCUT2D eigenvalue weighted by molar-refractivity contribution is 7.98. The Morgan fingerprint density at radius 1 is 1.08 bits per heavy atom. The number of aryl methyl sites for hydroxylation is 1. The molecule has 0 radical (unpaired) electrons. The van der Waals surface area contributed by atoms with Gasteiger partial charge in [0.2, 0.25) is 0 Å². The van der Waals surface area contributed by atoms with Crippen molar-refractivity contribution in [1.82, 2.24) is 9.97 Å². The fraction of sp³-hybridized carbons (Fsp3) is 0.105. The summed E-state index contributed by atoms with van der Waals surface area (Å²) in [6, 6.07) is 17.8. The second-order valence-electron chi connectivity index (χ2n) is 5.32. The summed E-state index contributed by atoms with van der Waals surface area (Å²) in [5.41, 5.74) is 3.96. The summed E-state index contributed by atoms with van der Waals surface area (Å²) < 4.78 is 0. The Morgan fingerprint density at radius 2 is 1.75 bits per heavy atom. The molecule has 0 aliphatic heterocycles. The van der Waals surface area contributed by atoms with Crippen LogP contribution in [0.2, 0.25) is 0 Å². The maximum absolute atomic E-state index is 12.2. The van der Waals surface area contributed by atoms with Crippen molar-refractivity contribution in [3.8, 4) is 28.5 Å². The molecule has 1 N–H and O–H groups in total. The monoisotopic (exact) mass is 333 g/mol. The van der Waals surface area contributed by atoms with Gasteiger partial charge in [0.1, 0.15) is 11.6 Å². The SMILES string of the molecule is CSc1nc(-c2ccccc2-c2ccc(C)cc2)c(C#N)c(=O)[nH]1. The van der Waals surface area contributed by atoms with Gasteiger partial charge >= 0.3 is 0 Å². The number of rotatable bonds is 3. The minimum Gasteiger partial charge on any atom is -0.300 e. The lowest BCUT2D eigenvalue weighted by Crippen LogP contribution is -2.14. The van der Waals surface area contributed by atoms with Crippen molar-refractivity contribution in [2.75, 3.05) is 6.26 Å². The molecule has 0 aliphatic rings. The largest absolute Gasteiger partial charge is 0.300 e. The molecule has 1 heterocycles. The van der Waals surface area contributed by atoms with Gasteiger partial charge in [-0.3, -0.25) is 4.79 Å². The van der Waals surface area contributed by atoms with E-state index >= 15 is 0 Å². The van der Waals surface area contributed by atoms with Crippen LogP contribution < -0.4 is 5.56 Å². The van der Waals surface area contributed by atoms with Crippen molar-refractivity contribution in [2.24, 2.45) is 0 Å². The number of nitriles is 1. The van der Waals surface area contributed by atoms with Crippen molar-refractivity contribution in [3.05, 3.63) is 70.0 Å². The third-order valence-corrected chi connectivity index (χ3v) is 4.33. The van der Waals surface area contributed by atoms with E-state index in [1.54, 1.807) is 0 Å². The Bertz CT molecular complexity index is 985. The van der Waals surface area contributed by atoms with E-state index in [9.17, 15) is 10.1 Å². The lowest BCUT2D eigenvalue weighted by molar-refractivity contribution is 0.938. The molecule has 0 unspecified atom stereocenters. The number of thioether (sulfide) groups is 1. The van der Waals surface area contributed by atoms with Crippen LogP contribution in [0, 0.1) is 18.3 Å². The summed E-state index contributed by atoms with van der Waals surface area (Å²) >= 11 is 1.34. The molecule has 0 amide bonds. The van der Waals surface area contributed by atoms with Gasteiger partial charge in [-0.15, -0.1) is 0 Å². The van der Waals surface area contributed by atoms with Gasteiger partial charge in [0.25, 0.3) is 5.56 Å². The molecule has 4 nitrogen and oxygen atoms in total. The van der Waals surface area contributed by atoms with E-state index in [0.29, 0.717) is 10.9 Å². The van der Waals surface area contributed by atoms with Crippen LogP contribution in [0.15, 0.2) is 58.5 Å². The van der Waals surface area contributed by atoms with E-state index in [1.165, 1.54) is 17.3 Å². The molecule has 0 atom stereocenters. The van der Waals surface area contributed by atoms with Crippen molar-refractivity contribution in [1.29, 1.82) is 5.26 Å². The van der Waals surface area contributed by atoms with Crippen LogP contribution in [0.1, 0.15) is 11.1 Å². The van der Waals surface area contributed by atoms with Gasteiger partial charge in [-0.1, -0.05) is 65.9 Å². The van der Waals surface area contributed by atoms with Crippen LogP contribution in [0.4, 0.5) is 0 Å². The van der Waals surface area contributed by atoms with E-state index in [4.69, 9.17) is 0 Å². The van der Waals surface area contributed by atoms with Crippen molar-refractivity contribution in [2.45, 2.75) is 12.1 Å². The van der Waals surface area contributed by atoms with Crippen molar-refractivity contribution < 1.29 is 0 Å². The average molecular weight is 333 g/mol. The van der Waals surface area contributed by atoms with Crippen LogP contribution >= 0.6 is 11.8 Å². The minimum absolute atomic E-state index is 0.0346. The number of nitrogens with one attached hydrogen (secondary N) is 1. The first kappa shape index (κ1) is 16.0. The molecule has 1 aromatic heterocycles. The lowest BCUT2D eigenvalue weighted by atomic mass is 9.95. The Balaban J connectivity index is 2.29. The maximum Gasteiger partial charge on any atom is 0.270 e. The maximum atomic E-state index is 12.2. The van der Waals surface area contributed by atoms with Crippen molar-refractivity contribution >= 4 is 11.8 Å². The number of benzene rings is 2. The minimum atomic E-state index is -0.412. The molecular formula is C19H15N3OS. The predicted octanol–water partition coefficient (Wildman–Crippen LogP) is 4.01. The van der Waals surface area contributed by atoms with Gasteiger partial charge in [-0.25, -0.2) is 4.98 Å². The Kier molecular flexibility index (Phi) is 4.50. The van der Waals surface area contributed by atoms with Gasteiger partial charge in [0.05, 0.1) is 5.69 Å². The molecular weight excluding hydrogens is 318 g/mol. The molecule has 3 aromatic rings. The number of aromatic amines is 1. The molecule has 0 saturated carbocycles. The fourth-order valence-electron chi connectivity index (χ4n) is 2.52. The summed E-state index contributed by atoms with van der Waals surface area (Å²) in [6.45, 7) is 2.03. The molecule has 3 rings (SSSR count). The Morgan fingerprint density at radius 3 is 2.38 bits per heavy atom. The summed E-state index contributed by atoms with van der Waals surface area (Å²) in [5, 5.41) is 9.90. The fourth-order valence-corrected chi connectivity index (χ4v) is 2.90. The summed E-state index contributed by atoms with van der Waals surface area (Å²) in [6.07, 6.45) is 1.83. The highest BCUT2D eigenvalue weighted by Gasteiger charge is 2.16. The zero-order valence-electron chi connectivity index (χ0n) is 13.3. The van der Waals surface area contributed by atoms with E-state index in [-0.39, 0.29) is 5.56 Å². The zero-order chi connectivity index (χ0) is 17.1. The summed E-state index contributed by atoms with van der Waals surface area (Å²) in [4.78, 5) is 19.3. The second kappa shape index (κ2) is 6.73. The zero-order valence-corrected chi connectivity index (χ0v) is 14.1. The van der Waals surface area contributed by atoms with E-state index in [2.05, 4.69) is 9.97 Å². The summed E-state index contributed by atoms with van der Waals surface area (Å²) in [5.74, 6) is 0. The first-order valence-corrected chi connectivity index (χ1v) is 8.61. The van der Waals surface area contributed by atoms with Gasteiger partial charge in [-0.2, -0.15) is 5.26 Å². The van der Waals surface area contributed by atoms with Crippen LogP contribution in [0.25, 0.3) is 22.4 Å². The van der Waals surface area contributed by atoms with Gasteiger partial charge < -0.3 is 4.98 Å². The molecule has 5 heteroatoms. The standard InChI is InChI=1S/C19H15N3OS/c1-12-7-9-13(10-8-12)14-5-3-4-6-15(14)17-16(11-20)18(23)22-19(21-17)24-2/h3-10H,1-2H3,(H,21,22,23). The van der Waals surface area contributed by atoms with Crippen molar-refractivity contribution in [3.63, 3.8) is 0 Å². The quantitative estimate of drug-likeness (QED) is 0.581. The topological polar surface area (TPSA) is 69.5 Å². The van der Waals surface area contributed by atoms with E-state index in [0.717, 1.165) is 16.7 Å². The molecule has 0 saturated heterocycles. The highest BCUT2D eigenvalue weighted by Crippen LogP contribution is 2.32. The van der Waals surface area contributed by atoms with Crippen LogP contribution in [-0.2, 0) is 0 Å². The molecule has 0 spiro atoms. The van der Waals surface area contributed by atoms with E-state index in [1.807, 2.05) is 67.8 Å². The average Bonchev–Trinajstić information content (AvgIpc) is 2.61. The Labute approximate surface area is 144 Å². The number of nitrogens with zero attached hydrogens (tertiary/aromatic N) is 2.